The molecule has 1 heterocycles. The van der Waals surface area contributed by atoms with E-state index < -0.39 is 0 Å². The molecule has 0 spiro atoms. The molecule has 2 aliphatic rings. The van der Waals surface area contributed by atoms with Crippen LogP contribution >= 0.6 is 15.9 Å². The first-order valence-corrected chi connectivity index (χ1v) is 10.1. The minimum Gasteiger partial charge on any atom is -0.486 e. The first-order chi connectivity index (χ1) is 13.1. The number of hydrogen-bond acceptors (Lipinski definition) is 3. The Bertz CT molecular complexity index is 834. The molecule has 1 aliphatic heterocycles. The molecule has 0 bridgehead atoms. The second-order valence-electron chi connectivity index (χ2n) is 7.17. The molecular formula is C21H23BrN2O3. The lowest BCUT2D eigenvalue weighted by molar-refractivity contribution is 0.171. The van der Waals surface area contributed by atoms with E-state index >= 15 is 0 Å². The fourth-order valence-corrected chi connectivity index (χ4v) is 3.91. The third-order valence-corrected chi connectivity index (χ3v) is 5.90. The van der Waals surface area contributed by atoms with Crippen LogP contribution in [-0.2, 0) is 5.54 Å². The van der Waals surface area contributed by atoms with Gasteiger partial charge in [0.15, 0.2) is 11.5 Å². The van der Waals surface area contributed by atoms with Crippen LogP contribution in [0.15, 0.2) is 46.9 Å². The van der Waals surface area contributed by atoms with E-state index in [1.807, 2.05) is 37.3 Å². The third kappa shape index (κ3) is 3.76. The van der Waals surface area contributed by atoms with Crippen molar-refractivity contribution in [2.45, 2.75) is 37.8 Å². The first-order valence-electron chi connectivity index (χ1n) is 9.30. The van der Waals surface area contributed by atoms with E-state index in [4.69, 9.17) is 9.47 Å². The Hall–Kier alpha value is -2.21. The second-order valence-corrected chi connectivity index (χ2v) is 8.08. The maximum absolute atomic E-state index is 12.7. The molecule has 1 fully saturated rings. The van der Waals surface area contributed by atoms with E-state index in [1.165, 1.54) is 0 Å². The van der Waals surface area contributed by atoms with Crippen LogP contribution in [0.4, 0.5) is 4.79 Å². The molecule has 5 nitrogen and oxygen atoms in total. The molecule has 0 aromatic heterocycles. The lowest BCUT2D eigenvalue weighted by Crippen LogP contribution is -2.54. The van der Waals surface area contributed by atoms with Crippen molar-refractivity contribution in [1.82, 2.24) is 10.6 Å². The molecule has 1 saturated carbocycles. The zero-order chi connectivity index (χ0) is 18.9. The molecule has 1 aliphatic carbocycles. The van der Waals surface area contributed by atoms with E-state index in [9.17, 15) is 4.79 Å². The topological polar surface area (TPSA) is 59.6 Å². The van der Waals surface area contributed by atoms with Gasteiger partial charge in [-0.15, -0.1) is 0 Å². The van der Waals surface area contributed by atoms with E-state index in [1.54, 1.807) is 0 Å². The highest BCUT2D eigenvalue weighted by Crippen LogP contribution is 2.41. The van der Waals surface area contributed by atoms with Crippen molar-refractivity contribution >= 4 is 22.0 Å². The number of benzene rings is 2. The second kappa shape index (κ2) is 7.43. The molecule has 2 aromatic carbocycles. The maximum Gasteiger partial charge on any atom is 0.315 e. The summed E-state index contributed by atoms with van der Waals surface area (Å²) in [6.45, 7) is 3.09. The number of ether oxygens (including phenoxy) is 2. The summed E-state index contributed by atoms with van der Waals surface area (Å²) in [5.74, 6) is 1.49. The Balaban J connectivity index is 1.43. The SMILES string of the molecule is CC(NC(=O)NC1(c2ccc(Br)cc2)CCC1)c1ccc2c(c1)OCCO2. The molecule has 0 radical (unpaired) electrons. The fraction of sp³-hybridized carbons (Fsp3) is 0.381. The summed E-state index contributed by atoms with van der Waals surface area (Å²) < 4.78 is 12.2. The van der Waals surface area contributed by atoms with Crippen LogP contribution in [0.3, 0.4) is 0 Å². The molecule has 1 atom stereocenters. The standard InChI is InChI=1S/C21H23BrN2O3/c1-14(15-3-8-18-19(13-15)27-12-11-26-18)23-20(25)24-21(9-2-10-21)16-4-6-17(22)7-5-16/h3-8,13-14H,2,9-12H2,1H3,(H2,23,24,25). The van der Waals surface area contributed by atoms with Crippen molar-refractivity contribution in [1.29, 1.82) is 0 Å². The van der Waals surface area contributed by atoms with Crippen LogP contribution < -0.4 is 20.1 Å². The van der Waals surface area contributed by atoms with Crippen molar-refractivity contribution in [2.75, 3.05) is 13.2 Å². The average molecular weight is 431 g/mol. The number of carbonyl (C=O) groups is 1. The molecule has 142 valence electrons. The van der Waals surface area contributed by atoms with Gasteiger partial charge in [-0.05, 0) is 61.6 Å². The summed E-state index contributed by atoms with van der Waals surface area (Å²) in [5, 5.41) is 6.26. The summed E-state index contributed by atoms with van der Waals surface area (Å²) in [4.78, 5) is 12.7. The molecule has 27 heavy (non-hydrogen) atoms. The minimum atomic E-state index is -0.267. The van der Waals surface area contributed by atoms with Gasteiger partial charge in [-0.25, -0.2) is 4.79 Å². The molecule has 2 N–H and O–H groups in total. The molecule has 4 rings (SSSR count). The monoisotopic (exact) mass is 430 g/mol. The minimum absolute atomic E-state index is 0.136. The van der Waals surface area contributed by atoms with Gasteiger partial charge in [0.05, 0.1) is 11.6 Å². The number of rotatable bonds is 4. The van der Waals surface area contributed by atoms with E-state index in [0.29, 0.717) is 13.2 Å². The highest BCUT2D eigenvalue weighted by Gasteiger charge is 2.40. The van der Waals surface area contributed by atoms with Crippen LogP contribution in [0.2, 0.25) is 0 Å². The van der Waals surface area contributed by atoms with Gasteiger partial charge in [0.25, 0.3) is 0 Å². The number of nitrogens with one attached hydrogen (secondary N) is 2. The Morgan fingerprint density at radius 1 is 1.07 bits per heavy atom. The van der Waals surface area contributed by atoms with Crippen LogP contribution in [0.1, 0.15) is 43.4 Å². The highest BCUT2D eigenvalue weighted by molar-refractivity contribution is 9.10. The third-order valence-electron chi connectivity index (χ3n) is 5.37. The van der Waals surface area contributed by atoms with Crippen molar-refractivity contribution in [3.63, 3.8) is 0 Å². The number of fused-ring (bicyclic) bond motifs is 1. The van der Waals surface area contributed by atoms with E-state index in [-0.39, 0.29) is 17.6 Å². The zero-order valence-electron chi connectivity index (χ0n) is 15.3. The van der Waals surface area contributed by atoms with E-state index in [0.717, 1.165) is 46.4 Å². The van der Waals surface area contributed by atoms with Crippen molar-refractivity contribution in [3.8, 4) is 11.5 Å². The smallest absolute Gasteiger partial charge is 0.315 e. The Morgan fingerprint density at radius 3 is 2.44 bits per heavy atom. The molecule has 2 aromatic rings. The number of amides is 2. The average Bonchev–Trinajstić information content (AvgIpc) is 2.65. The molecule has 0 saturated heterocycles. The molecular weight excluding hydrogens is 408 g/mol. The van der Waals surface area contributed by atoms with Gasteiger partial charge in [0, 0.05) is 4.47 Å². The Labute approximate surface area is 167 Å². The molecule has 2 amide bonds. The predicted octanol–water partition coefficient (Wildman–Crippen LogP) is 4.66. The lowest BCUT2D eigenvalue weighted by Gasteiger charge is -2.43. The Morgan fingerprint density at radius 2 is 1.78 bits per heavy atom. The van der Waals surface area contributed by atoms with Crippen LogP contribution in [0, 0.1) is 0 Å². The zero-order valence-corrected chi connectivity index (χ0v) is 16.8. The van der Waals surface area contributed by atoms with Gasteiger partial charge >= 0.3 is 6.03 Å². The predicted molar refractivity (Wildman–Crippen MR) is 107 cm³/mol. The summed E-state index contributed by atoms with van der Waals surface area (Å²) >= 11 is 3.47. The lowest BCUT2D eigenvalue weighted by atomic mass is 9.72. The van der Waals surface area contributed by atoms with Crippen molar-refractivity contribution in [2.24, 2.45) is 0 Å². The Kier molecular flexibility index (Phi) is 5.00. The van der Waals surface area contributed by atoms with Crippen LogP contribution in [0.5, 0.6) is 11.5 Å². The number of halogens is 1. The van der Waals surface area contributed by atoms with Gasteiger partial charge in [0.2, 0.25) is 0 Å². The summed E-state index contributed by atoms with van der Waals surface area (Å²) in [5.41, 5.74) is 1.87. The highest BCUT2D eigenvalue weighted by atomic mass is 79.9. The summed E-state index contributed by atoms with van der Waals surface area (Å²) in [6, 6.07) is 13.7. The van der Waals surface area contributed by atoms with Crippen LogP contribution in [0.25, 0.3) is 0 Å². The van der Waals surface area contributed by atoms with Gasteiger partial charge in [-0.1, -0.05) is 34.1 Å². The van der Waals surface area contributed by atoms with Gasteiger partial charge < -0.3 is 20.1 Å². The van der Waals surface area contributed by atoms with Crippen molar-refractivity contribution in [3.05, 3.63) is 58.1 Å². The van der Waals surface area contributed by atoms with Gasteiger partial charge in [-0.2, -0.15) is 0 Å². The van der Waals surface area contributed by atoms with Gasteiger partial charge in [-0.3, -0.25) is 0 Å². The molecule has 1 unspecified atom stereocenters. The largest absolute Gasteiger partial charge is 0.486 e. The summed E-state index contributed by atoms with van der Waals surface area (Å²) in [7, 11) is 0. The van der Waals surface area contributed by atoms with Crippen molar-refractivity contribution < 1.29 is 14.3 Å². The van der Waals surface area contributed by atoms with Crippen LogP contribution in [-0.4, -0.2) is 19.2 Å². The van der Waals surface area contributed by atoms with Gasteiger partial charge in [0.1, 0.15) is 13.2 Å². The first kappa shape index (κ1) is 18.2. The number of carbonyl (C=O) groups excluding carboxylic acids is 1. The fourth-order valence-electron chi connectivity index (χ4n) is 3.65. The molecule has 6 heteroatoms. The van der Waals surface area contributed by atoms with E-state index in [2.05, 4.69) is 38.7 Å². The normalized spacial score (nSPS) is 18.1. The quantitative estimate of drug-likeness (QED) is 0.741. The number of hydrogen-bond donors (Lipinski definition) is 2. The summed E-state index contributed by atoms with van der Waals surface area (Å²) in [6.07, 6.45) is 3.04. The maximum atomic E-state index is 12.7. The number of urea groups is 1.